The molecule has 16 heavy (non-hydrogen) atoms. The average Bonchev–Trinajstić information content (AvgIpc) is 2.25. The normalized spacial score (nSPS) is 10.9. The lowest BCUT2D eigenvalue weighted by molar-refractivity contribution is -0.668. The molecule has 5 heteroatoms. The van der Waals surface area contributed by atoms with Gasteiger partial charge in [-0.05, 0) is 25.1 Å². The second kappa shape index (κ2) is 4.63. The average molecular weight is 239 g/mol. The van der Waals surface area contributed by atoms with Gasteiger partial charge in [-0.15, -0.1) is 0 Å². The molecule has 84 valence electrons. The van der Waals surface area contributed by atoms with Gasteiger partial charge < -0.3 is 10.3 Å². The van der Waals surface area contributed by atoms with Gasteiger partial charge in [-0.1, -0.05) is 11.6 Å². The number of hydrogen-bond donors (Lipinski definition) is 2. The van der Waals surface area contributed by atoms with E-state index in [1.807, 2.05) is 0 Å². The Kier molecular flexibility index (Phi) is 3.22. The fourth-order valence-electron chi connectivity index (χ4n) is 1.54. The predicted octanol–water partition coefficient (Wildman–Crippen LogP) is 0.660. The SMILES string of the molecule is CC[NH2+]Cc1nc2cc(Cl)ccc2c(=O)[nH]1. The van der Waals surface area contributed by atoms with Crippen molar-refractivity contribution in [1.29, 1.82) is 0 Å². The number of halogens is 1. The summed E-state index contributed by atoms with van der Waals surface area (Å²) in [6, 6.07) is 5.09. The van der Waals surface area contributed by atoms with Gasteiger partial charge in [0.1, 0.15) is 6.54 Å². The van der Waals surface area contributed by atoms with Crippen LogP contribution in [0.15, 0.2) is 23.0 Å². The van der Waals surface area contributed by atoms with Crippen LogP contribution in [0.25, 0.3) is 10.9 Å². The molecule has 2 rings (SSSR count). The van der Waals surface area contributed by atoms with E-state index in [0.29, 0.717) is 28.3 Å². The molecule has 1 aromatic carbocycles. The molecule has 1 heterocycles. The van der Waals surface area contributed by atoms with E-state index in [0.717, 1.165) is 6.54 Å². The molecule has 0 amide bonds. The van der Waals surface area contributed by atoms with Crippen molar-refractivity contribution in [3.63, 3.8) is 0 Å². The number of hydrogen-bond acceptors (Lipinski definition) is 2. The van der Waals surface area contributed by atoms with Gasteiger partial charge >= 0.3 is 0 Å². The van der Waals surface area contributed by atoms with Gasteiger partial charge in [-0.25, -0.2) is 4.98 Å². The predicted molar refractivity (Wildman–Crippen MR) is 63.5 cm³/mol. The van der Waals surface area contributed by atoms with Crippen molar-refractivity contribution >= 4 is 22.5 Å². The van der Waals surface area contributed by atoms with Gasteiger partial charge in [-0.2, -0.15) is 0 Å². The summed E-state index contributed by atoms with van der Waals surface area (Å²) in [6.07, 6.45) is 0. The first kappa shape index (κ1) is 11.1. The van der Waals surface area contributed by atoms with E-state index in [-0.39, 0.29) is 5.56 Å². The topological polar surface area (TPSA) is 62.4 Å². The van der Waals surface area contributed by atoms with E-state index < -0.39 is 0 Å². The van der Waals surface area contributed by atoms with Crippen molar-refractivity contribution in [2.45, 2.75) is 13.5 Å². The number of rotatable bonds is 3. The summed E-state index contributed by atoms with van der Waals surface area (Å²) in [5.41, 5.74) is 0.539. The molecule has 0 aliphatic rings. The number of aromatic amines is 1. The minimum atomic E-state index is -0.110. The summed E-state index contributed by atoms with van der Waals surface area (Å²) >= 11 is 5.87. The van der Waals surface area contributed by atoms with E-state index >= 15 is 0 Å². The van der Waals surface area contributed by atoms with E-state index in [9.17, 15) is 4.79 Å². The molecule has 2 aromatic rings. The zero-order valence-corrected chi connectivity index (χ0v) is 9.71. The molecule has 0 saturated heterocycles. The molecule has 0 atom stereocenters. The fourth-order valence-corrected chi connectivity index (χ4v) is 1.71. The van der Waals surface area contributed by atoms with Gasteiger partial charge in [0, 0.05) is 5.02 Å². The first-order valence-electron chi connectivity index (χ1n) is 5.21. The summed E-state index contributed by atoms with van der Waals surface area (Å²) in [5, 5.41) is 3.23. The third kappa shape index (κ3) is 2.23. The number of benzene rings is 1. The van der Waals surface area contributed by atoms with Crippen molar-refractivity contribution in [2.24, 2.45) is 0 Å². The molecule has 0 aliphatic carbocycles. The Balaban J connectivity index is 2.52. The molecule has 0 unspecified atom stereocenters. The van der Waals surface area contributed by atoms with Crippen molar-refractivity contribution in [3.8, 4) is 0 Å². The number of nitrogens with zero attached hydrogens (tertiary/aromatic N) is 1. The van der Waals surface area contributed by atoms with E-state index in [1.54, 1.807) is 18.2 Å². The molecule has 4 nitrogen and oxygen atoms in total. The van der Waals surface area contributed by atoms with Gasteiger partial charge in [0.05, 0.1) is 17.4 Å². The molecular weight excluding hydrogens is 226 g/mol. The Labute approximate surface area is 97.7 Å². The molecule has 3 N–H and O–H groups in total. The third-order valence-electron chi connectivity index (χ3n) is 2.34. The Bertz CT molecular complexity index is 565. The van der Waals surface area contributed by atoms with Crippen LogP contribution < -0.4 is 10.9 Å². The van der Waals surface area contributed by atoms with Crippen molar-refractivity contribution in [1.82, 2.24) is 9.97 Å². The number of nitrogens with two attached hydrogens (primary N) is 1. The molecule has 0 fully saturated rings. The molecule has 0 radical (unpaired) electrons. The van der Waals surface area contributed by atoms with Gasteiger partial charge in [0.2, 0.25) is 0 Å². The maximum Gasteiger partial charge on any atom is 0.258 e. The molecule has 1 aromatic heterocycles. The number of H-pyrrole nitrogens is 1. The zero-order valence-electron chi connectivity index (χ0n) is 8.96. The highest BCUT2D eigenvalue weighted by atomic mass is 35.5. The minimum Gasteiger partial charge on any atom is -0.340 e. The summed E-state index contributed by atoms with van der Waals surface area (Å²) in [5.74, 6) is 0.682. The lowest BCUT2D eigenvalue weighted by Crippen LogP contribution is -2.82. The molecule has 0 spiro atoms. The fraction of sp³-hybridized carbons (Fsp3) is 0.273. The monoisotopic (exact) mass is 238 g/mol. The second-order valence-electron chi connectivity index (χ2n) is 3.58. The van der Waals surface area contributed by atoms with Crippen LogP contribution in [0, 0.1) is 0 Å². The maximum absolute atomic E-state index is 11.7. The number of nitrogens with one attached hydrogen (secondary N) is 1. The smallest absolute Gasteiger partial charge is 0.258 e. The zero-order chi connectivity index (χ0) is 11.5. The molecule has 0 bridgehead atoms. The quantitative estimate of drug-likeness (QED) is 0.825. The van der Waals surface area contributed by atoms with Crippen LogP contribution in [-0.4, -0.2) is 16.5 Å². The first-order chi connectivity index (χ1) is 7.70. The highest BCUT2D eigenvalue weighted by molar-refractivity contribution is 6.31. The maximum atomic E-state index is 11.7. The van der Waals surface area contributed by atoms with Gasteiger partial charge in [0.25, 0.3) is 5.56 Å². The minimum absolute atomic E-state index is 0.110. The van der Waals surface area contributed by atoms with E-state index in [2.05, 4.69) is 22.2 Å². The van der Waals surface area contributed by atoms with Crippen LogP contribution in [0.1, 0.15) is 12.7 Å². The largest absolute Gasteiger partial charge is 0.340 e. The van der Waals surface area contributed by atoms with E-state index in [1.165, 1.54) is 0 Å². The van der Waals surface area contributed by atoms with Crippen LogP contribution in [0.3, 0.4) is 0 Å². The molecule has 0 aliphatic heterocycles. The van der Waals surface area contributed by atoms with E-state index in [4.69, 9.17) is 11.6 Å². The highest BCUT2D eigenvalue weighted by Crippen LogP contribution is 2.14. The Morgan fingerprint density at radius 3 is 3.06 bits per heavy atom. The van der Waals surface area contributed by atoms with Crippen LogP contribution in [0.2, 0.25) is 5.02 Å². The molecular formula is C11H13ClN3O+. The number of quaternary nitrogens is 1. The lowest BCUT2D eigenvalue weighted by atomic mass is 10.2. The Morgan fingerprint density at radius 1 is 1.50 bits per heavy atom. The highest BCUT2D eigenvalue weighted by Gasteiger charge is 2.04. The van der Waals surface area contributed by atoms with Crippen molar-refractivity contribution in [3.05, 3.63) is 39.4 Å². The van der Waals surface area contributed by atoms with Gasteiger partial charge in [-0.3, -0.25) is 4.79 Å². The summed E-state index contributed by atoms with van der Waals surface area (Å²) in [6.45, 7) is 3.68. The standard InChI is InChI=1S/C11H12ClN3O/c1-2-13-6-10-14-9-5-7(12)3-4-8(9)11(16)15-10/h3-5,13H,2,6H2,1H3,(H,14,15,16)/p+1. The second-order valence-corrected chi connectivity index (χ2v) is 4.01. The summed E-state index contributed by atoms with van der Waals surface area (Å²) < 4.78 is 0. The van der Waals surface area contributed by atoms with Crippen LogP contribution in [0.5, 0.6) is 0 Å². The first-order valence-corrected chi connectivity index (χ1v) is 5.58. The molecule has 0 saturated carbocycles. The van der Waals surface area contributed by atoms with Crippen molar-refractivity contribution < 1.29 is 5.32 Å². The summed E-state index contributed by atoms with van der Waals surface area (Å²) in [7, 11) is 0. The number of aromatic nitrogens is 2. The van der Waals surface area contributed by atoms with Crippen LogP contribution >= 0.6 is 11.6 Å². The Morgan fingerprint density at radius 2 is 2.31 bits per heavy atom. The van der Waals surface area contributed by atoms with Crippen molar-refractivity contribution in [2.75, 3.05) is 6.54 Å². The third-order valence-corrected chi connectivity index (χ3v) is 2.58. The van der Waals surface area contributed by atoms with Gasteiger partial charge in [0.15, 0.2) is 5.82 Å². The Hall–Kier alpha value is -1.39. The number of fused-ring (bicyclic) bond motifs is 1. The van der Waals surface area contributed by atoms with Crippen LogP contribution in [0.4, 0.5) is 0 Å². The van der Waals surface area contributed by atoms with Crippen LogP contribution in [-0.2, 0) is 6.54 Å². The summed E-state index contributed by atoms with van der Waals surface area (Å²) in [4.78, 5) is 18.8. The lowest BCUT2D eigenvalue weighted by Gasteiger charge is -2.01.